The second-order valence-electron chi connectivity index (χ2n) is 0.448. The summed E-state index contributed by atoms with van der Waals surface area (Å²) in [5.41, 5.74) is 0. The molecule has 0 aromatic carbocycles. The Kier molecular flexibility index (Phi) is 14.8. The molecule has 0 aliphatic heterocycles. The molecule has 0 heterocycles. The number of hydrogen-bond acceptors (Lipinski definition) is 2. The molecule has 0 aromatic rings. The van der Waals surface area contributed by atoms with Crippen LogP contribution in [0.2, 0.25) is 0 Å². The van der Waals surface area contributed by atoms with Gasteiger partial charge in [0, 0.05) is 19.5 Å². The summed E-state index contributed by atoms with van der Waals surface area (Å²) in [5, 5.41) is 0. The SMILES string of the molecule is O=S(=O)(O)O.[H-].[Rb+].[Zn]. The summed E-state index contributed by atoms with van der Waals surface area (Å²) >= 11 is 0. The molecule has 0 atom stereocenters. The fraction of sp³-hybridized carbons (Fsp3) is 0. The molecule has 0 aromatic heterocycles. The molecule has 7 heavy (non-hydrogen) atoms. The van der Waals surface area contributed by atoms with Gasteiger partial charge in [-0.15, -0.1) is 0 Å². The van der Waals surface area contributed by atoms with Crippen LogP contribution in [0.25, 0.3) is 0 Å². The topological polar surface area (TPSA) is 74.6 Å². The molecule has 0 aliphatic carbocycles. The van der Waals surface area contributed by atoms with E-state index in [1.54, 1.807) is 0 Å². The van der Waals surface area contributed by atoms with Gasteiger partial charge in [-0.1, -0.05) is 0 Å². The van der Waals surface area contributed by atoms with Crippen LogP contribution in [-0.2, 0) is 29.9 Å². The maximum absolute atomic E-state index is 8.74. The quantitative estimate of drug-likeness (QED) is 0.345. The normalized spacial score (nSPS) is 8.29. The van der Waals surface area contributed by atoms with Crippen molar-refractivity contribution in [2.75, 3.05) is 0 Å². The minimum Gasteiger partial charge on any atom is -1.00 e. The van der Waals surface area contributed by atoms with E-state index in [1.165, 1.54) is 0 Å². The van der Waals surface area contributed by atoms with E-state index in [9.17, 15) is 0 Å². The molecule has 0 bridgehead atoms. The van der Waals surface area contributed by atoms with E-state index in [0.717, 1.165) is 0 Å². The van der Waals surface area contributed by atoms with E-state index in [1.807, 2.05) is 0 Å². The monoisotopic (exact) mass is 248 g/mol. The molecule has 0 rings (SSSR count). The van der Waals surface area contributed by atoms with Gasteiger partial charge in [0.1, 0.15) is 0 Å². The molecule has 7 heteroatoms. The van der Waals surface area contributed by atoms with Crippen LogP contribution in [0, 0.1) is 0 Å². The van der Waals surface area contributed by atoms with Gasteiger partial charge in [0.2, 0.25) is 0 Å². The molecular formula is H3O4RbSZn. The van der Waals surface area contributed by atoms with Gasteiger partial charge in [-0.25, -0.2) is 0 Å². The van der Waals surface area contributed by atoms with Crippen LogP contribution < -0.4 is 58.2 Å². The second-order valence-corrected chi connectivity index (χ2v) is 1.34. The smallest absolute Gasteiger partial charge is 1.00 e. The molecule has 0 amide bonds. The zero-order chi connectivity index (χ0) is 4.50. The third-order valence-electron chi connectivity index (χ3n) is 0. The van der Waals surface area contributed by atoms with Gasteiger partial charge in [-0.2, -0.15) is 8.42 Å². The van der Waals surface area contributed by atoms with Crippen LogP contribution in [-0.4, -0.2) is 17.5 Å². The second kappa shape index (κ2) is 6.42. The maximum atomic E-state index is 8.74. The summed E-state index contributed by atoms with van der Waals surface area (Å²) in [5.74, 6) is 0. The molecule has 0 spiro atoms. The Morgan fingerprint density at radius 2 is 1.29 bits per heavy atom. The fourth-order valence-electron chi connectivity index (χ4n) is 0. The summed E-state index contributed by atoms with van der Waals surface area (Å²) in [7, 11) is -4.67. The molecule has 0 unspecified atom stereocenters. The van der Waals surface area contributed by atoms with Gasteiger partial charge in [0.05, 0.1) is 0 Å². The fourth-order valence-corrected chi connectivity index (χ4v) is 0. The third-order valence-corrected chi connectivity index (χ3v) is 0. The molecule has 0 saturated heterocycles. The molecule has 0 fully saturated rings. The van der Waals surface area contributed by atoms with Crippen molar-refractivity contribution in [3.05, 3.63) is 0 Å². The van der Waals surface area contributed by atoms with Crippen molar-refractivity contribution < 1.29 is 96.6 Å². The number of hydrogen-bond donors (Lipinski definition) is 2. The van der Waals surface area contributed by atoms with E-state index in [2.05, 4.69) is 0 Å². The van der Waals surface area contributed by atoms with Crippen LogP contribution in [0.4, 0.5) is 0 Å². The standard InChI is InChI=1S/H2O4S.Rb.Zn.H/c1-5(2,3)4;;;/h(H2,1,2,3,4);;;/q;+1;;-1. The van der Waals surface area contributed by atoms with Crippen LogP contribution >= 0.6 is 0 Å². The van der Waals surface area contributed by atoms with Crippen molar-refractivity contribution in [2.45, 2.75) is 0 Å². The average Bonchev–Trinajstić information content (AvgIpc) is 0.722. The first-order chi connectivity index (χ1) is 2.00. The Labute approximate surface area is 105 Å². The minimum absolute atomic E-state index is 0. The Balaban J connectivity index is -0.0000000267. The molecule has 0 aliphatic rings. The van der Waals surface area contributed by atoms with Crippen molar-refractivity contribution in [1.82, 2.24) is 0 Å². The summed E-state index contributed by atoms with van der Waals surface area (Å²) in [6.07, 6.45) is 0. The van der Waals surface area contributed by atoms with Gasteiger partial charge in [-0.3, -0.25) is 9.11 Å². The van der Waals surface area contributed by atoms with Crippen molar-refractivity contribution >= 4 is 10.4 Å². The molecule has 0 radical (unpaired) electrons. The van der Waals surface area contributed by atoms with Crippen molar-refractivity contribution in [3.63, 3.8) is 0 Å². The van der Waals surface area contributed by atoms with E-state index in [0.29, 0.717) is 0 Å². The Hall–Kier alpha value is 2.30. The van der Waals surface area contributed by atoms with Crippen molar-refractivity contribution in [3.8, 4) is 0 Å². The van der Waals surface area contributed by atoms with E-state index >= 15 is 0 Å². The first-order valence-corrected chi connectivity index (χ1v) is 2.10. The molecule has 0 saturated carbocycles. The summed E-state index contributed by atoms with van der Waals surface area (Å²) < 4.78 is 31.6. The Morgan fingerprint density at radius 3 is 1.29 bits per heavy atom. The first-order valence-electron chi connectivity index (χ1n) is 0.698. The van der Waals surface area contributed by atoms with Crippen LogP contribution in [0.5, 0.6) is 0 Å². The van der Waals surface area contributed by atoms with E-state index in [4.69, 9.17) is 17.5 Å². The minimum atomic E-state index is -4.67. The van der Waals surface area contributed by atoms with E-state index in [-0.39, 0.29) is 79.1 Å². The van der Waals surface area contributed by atoms with Crippen molar-refractivity contribution in [1.29, 1.82) is 0 Å². The van der Waals surface area contributed by atoms with Gasteiger partial charge < -0.3 is 1.43 Å². The average molecular weight is 250 g/mol. The summed E-state index contributed by atoms with van der Waals surface area (Å²) in [6, 6.07) is 0. The molecule has 36 valence electrons. The van der Waals surface area contributed by atoms with Crippen LogP contribution in [0.15, 0.2) is 0 Å². The summed E-state index contributed by atoms with van der Waals surface area (Å²) in [6.45, 7) is 0. The zero-order valence-electron chi connectivity index (χ0n) is 4.83. The largest absolute Gasteiger partial charge is 1.00 e. The predicted octanol–water partition coefficient (Wildman–Crippen LogP) is -3.54. The van der Waals surface area contributed by atoms with Gasteiger partial charge in [0.25, 0.3) is 0 Å². The van der Waals surface area contributed by atoms with E-state index < -0.39 is 10.4 Å². The van der Waals surface area contributed by atoms with Crippen molar-refractivity contribution in [2.24, 2.45) is 0 Å². The van der Waals surface area contributed by atoms with Gasteiger partial charge >= 0.3 is 68.6 Å². The van der Waals surface area contributed by atoms with Gasteiger partial charge in [0.15, 0.2) is 0 Å². The number of rotatable bonds is 0. The zero-order valence-corrected chi connectivity index (χ0v) is 12.5. The molecule has 2 N–H and O–H groups in total. The predicted molar refractivity (Wildman–Crippen MR) is 15.3 cm³/mol. The third kappa shape index (κ3) is 62.3. The Bertz CT molecular complexity index is 99.2. The first kappa shape index (κ1) is 16.1. The Morgan fingerprint density at radius 1 is 1.29 bits per heavy atom. The van der Waals surface area contributed by atoms with Crippen LogP contribution in [0.1, 0.15) is 1.43 Å². The summed E-state index contributed by atoms with van der Waals surface area (Å²) in [4.78, 5) is 0. The van der Waals surface area contributed by atoms with Crippen LogP contribution in [0.3, 0.4) is 0 Å². The molecule has 4 nitrogen and oxygen atoms in total. The van der Waals surface area contributed by atoms with Gasteiger partial charge in [-0.05, 0) is 0 Å². The molecular weight excluding hydrogens is 247 g/mol. The maximum Gasteiger partial charge on any atom is 1.00 e.